The van der Waals surface area contributed by atoms with Gasteiger partial charge in [0.25, 0.3) is 0 Å². The Morgan fingerprint density at radius 2 is 0.727 bits per heavy atom. The second kappa shape index (κ2) is 12.4. The van der Waals surface area contributed by atoms with Crippen LogP contribution in [-0.2, 0) is 4.43 Å². The zero-order valence-corrected chi connectivity index (χ0v) is 18.2. The molecule has 0 radical (unpaired) electrons. The van der Waals surface area contributed by atoms with Gasteiger partial charge in [0.05, 0.1) is 84.6 Å². The van der Waals surface area contributed by atoms with Gasteiger partial charge >= 0.3 is 0 Å². The molecule has 0 aliphatic carbocycles. The second-order valence-corrected chi connectivity index (χ2v) is 10.3. The predicted molar refractivity (Wildman–Crippen MR) is 89.2 cm³/mol. The Balaban J connectivity index is -0.0000000995. The third-order valence-electron chi connectivity index (χ3n) is 0.321. The maximum absolute atomic E-state index is 9.51. The van der Waals surface area contributed by atoms with Crippen molar-refractivity contribution in [2.75, 3.05) is 91.2 Å². The standard InChI is InChI=1S/3C4H12N.C2H5O4Si/c3*1-5(2,3)4;1-2-6-7(3,4)5/h3*1-4H3;2H2,1H3/q3*+1;-3. The van der Waals surface area contributed by atoms with Crippen LogP contribution in [0.2, 0.25) is 0 Å². The van der Waals surface area contributed by atoms with Gasteiger partial charge in [-0.15, -0.1) is 9.05 Å². The van der Waals surface area contributed by atoms with Gasteiger partial charge in [-0.1, -0.05) is 0 Å². The molecule has 0 heterocycles. The molecular weight excluding hydrogens is 302 g/mol. The van der Waals surface area contributed by atoms with Crippen molar-refractivity contribution in [3.05, 3.63) is 0 Å². The van der Waals surface area contributed by atoms with Crippen molar-refractivity contribution in [1.82, 2.24) is 0 Å². The number of rotatable bonds is 2. The fourth-order valence-corrected chi connectivity index (χ4v) is 0.530. The van der Waals surface area contributed by atoms with E-state index in [1.54, 1.807) is 0 Å². The van der Waals surface area contributed by atoms with E-state index in [2.05, 4.69) is 89.0 Å². The topological polar surface area (TPSA) is 78.4 Å². The van der Waals surface area contributed by atoms with E-state index < -0.39 is 9.05 Å². The van der Waals surface area contributed by atoms with E-state index in [-0.39, 0.29) is 6.61 Å². The zero-order valence-electron chi connectivity index (χ0n) is 17.2. The molecule has 0 spiro atoms. The van der Waals surface area contributed by atoms with Crippen molar-refractivity contribution in [2.24, 2.45) is 0 Å². The van der Waals surface area contributed by atoms with Gasteiger partial charge in [0.1, 0.15) is 0 Å². The maximum Gasteiger partial charge on any atom is 0.0675 e. The average Bonchev–Trinajstić information content (AvgIpc) is 1.88. The third kappa shape index (κ3) is 461. The highest BCUT2D eigenvalue weighted by Gasteiger charge is 1.89. The fourth-order valence-electron chi connectivity index (χ4n) is 0.177. The summed E-state index contributed by atoms with van der Waals surface area (Å²) >= 11 is 0. The minimum absolute atomic E-state index is 0.0667. The first-order chi connectivity index (χ1) is 9.06. The molecule has 0 saturated heterocycles. The van der Waals surface area contributed by atoms with Crippen LogP contribution in [0.4, 0.5) is 0 Å². The summed E-state index contributed by atoms with van der Waals surface area (Å²) in [5.41, 5.74) is 0. The average molecular weight is 344 g/mol. The lowest BCUT2D eigenvalue weighted by Gasteiger charge is -2.53. The Hall–Kier alpha value is -0.0631. The van der Waals surface area contributed by atoms with Crippen LogP contribution >= 0.6 is 0 Å². The van der Waals surface area contributed by atoms with E-state index in [1.807, 2.05) is 0 Å². The van der Waals surface area contributed by atoms with Crippen LogP contribution in [0.15, 0.2) is 0 Å². The highest BCUT2D eigenvalue weighted by atomic mass is 28.4. The Morgan fingerprint density at radius 3 is 0.727 bits per heavy atom. The van der Waals surface area contributed by atoms with Crippen molar-refractivity contribution >= 4 is 9.05 Å². The lowest BCUT2D eigenvalue weighted by atomic mass is 10.8. The third-order valence-corrected chi connectivity index (χ3v) is 0.963. The first kappa shape index (κ1) is 29.9. The Morgan fingerprint density at radius 1 is 0.591 bits per heavy atom. The molecule has 8 heteroatoms. The summed E-state index contributed by atoms with van der Waals surface area (Å²) < 4.78 is 6.70. The molecule has 0 fully saturated rings. The van der Waals surface area contributed by atoms with E-state index in [0.717, 1.165) is 13.4 Å². The fraction of sp³-hybridized carbons (Fsp3) is 1.00. The molecule has 0 saturated carbocycles. The van der Waals surface area contributed by atoms with E-state index in [0.29, 0.717) is 0 Å². The predicted octanol–water partition coefficient (Wildman–Crippen LogP) is -2.49. The van der Waals surface area contributed by atoms with Crippen LogP contribution in [0, 0.1) is 0 Å². The molecule has 0 bridgehead atoms. The minimum Gasteiger partial charge on any atom is -0.861 e. The summed E-state index contributed by atoms with van der Waals surface area (Å²) in [6.45, 7) is 1.37. The molecule has 0 aromatic carbocycles. The van der Waals surface area contributed by atoms with Gasteiger partial charge in [-0.2, -0.15) is 0 Å². The maximum atomic E-state index is 9.51. The van der Waals surface area contributed by atoms with Gasteiger partial charge in [0.2, 0.25) is 0 Å². The van der Waals surface area contributed by atoms with Crippen LogP contribution in [0.1, 0.15) is 6.92 Å². The molecule has 22 heavy (non-hydrogen) atoms. The summed E-state index contributed by atoms with van der Waals surface area (Å²) in [4.78, 5) is 28.5. The second-order valence-electron chi connectivity index (χ2n) is 8.98. The van der Waals surface area contributed by atoms with Crippen molar-refractivity contribution < 1.29 is 32.3 Å². The zero-order chi connectivity index (χ0) is 19.4. The van der Waals surface area contributed by atoms with Gasteiger partial charge in [0.15, 0.2) is 0 Å². The van der Waals surface area contributed by atoms with Gasteiger partial charge in [-0.25, -0.2) is 0 Å². The highest BCUT2D eigenvalue weighted by molar-refractivity contribution is 6.42. The van der Waals surface area contributed by atoms with Gasteiger partial charge in [-0.3, -0.25) is 0 Å². The molecule has 7 nitrogen and oxygen atoms in total. The molecule has 0 aliphatic rings. The summed E-state index contributed by atoms with van der Waals surface area (Å²) in [7, 11) is 20.6. The molecular formula is C14H41N3O4Si. The number of nitrogens with zero attached hydrogens (tertiary/aromatic N) is 3. The van der Waals surface area contributed by atoms with Crippen molar-refractivity contribution in [1.29, 1.82) is 0 Å². The molecule has 0 aromatic rings. The van der Waals surface area contributed by atoms with Gasteiger partial charge in [0, 0.05) is 6.61 Å². The summed E-state index contributed by atoms with van der Waals surface area (Å²) in [5, 5.41) is 0. The van der Waals surface area contributed by atoms with Gasteiger partial charge in [-0.05, 0) is 6.92 Å². The molecule has 0 atom stereocenters. The number of quaternary nitrogens is 3. The quantitative estimate of drug-likeness (QED) is 0.410. The van der Waals surface area contributed by atoms with Crippen LogP contribution < -0.4 is 14.4 Å². The van der Waals surface area contributed by atoms with E-state index in [4.69, 9.17) is 0 Å². The first-order valence-corrected chi connectivity index (χ1v) is 8.81. The molecule has 140 valence electrons. The minimum atomic E-state index is -4.91. The Labute approximate surface area is 140 Å². The van der Waals surface area contributed by atoms with Crippen molar-refractivity contribution in [3.63, 3.8) is 0 Å². The smallest absolute Gasteiger partial charge is 0.0675 e. The summed E-state index contributed by atoms with van der Waals surface area (Å²) in [6.07, 6.45) is 0. The van der Waals surface area contributed by atoms with Crippen LogP contribution in [0.5, 0.6) is 0 Å². The molecule has 0 aliphatic heterocycles. The normalized spacial score (nSPS) is 12.0. The molecule has 0 N–H and O–H groups in total. The van der Waals surface area contributed by atoms with E-state index >= 15 is 0 Å². The lowest BCUT2D eigenvalue weighted by Crippen LogP contribution is -2.75. The Bertz CT molecular complexity index is 192. The lowest BCUT2D eigenvalue weighted by molar-refractivity contribution is -0.849. The van der Waals surface area contributed by atoms with Crippen molar-refractivity contribution in [3.8, 4) is 0 Å². The van der Waals surface area contributed by atoms with Crippen LogP contribution in [0.3, 0.4) is 0 Å². The monoisotopic (exact) mass is 343 g/mol. The molecule has 0 unspecified atom stereocenters. The largest absolute Gasteiger partial charge is 0.861 e. The first-order valence-electron chi connectivity index (χ1n) is 7.18. The number of hydrogen-bond donors (Lipinski definition) is 0. The van der Waals surface area contributed by atoms with Crippen LogP contribution in [-0.4, -0.2) is 114 Å². The molecule has 0 amide bonds. The van der Waals surface area contributed by atoms with Crippen molar-refractivity contribution in [2.45, 2.75) is 6.92 Å². The Kier molecular flexibility index (Phi) is 16.8. The highest BCUT2D eigenvalue weighted by Crippen LogP contribution is 1.74. The SMILES string of the molecule is CCO[Si]([O-])([O-])[O-].C[N+](C)(C)C.C[N+](C)(C)C.C[N+](C)(C)C. The number of hydrogen-bond acceptors (Lipinski definition) is 4. The molecule has 0 rings (SSSR count). The van der Waals surface area contributed by atoms with Gasteiger partial charge < -0.3 is 32.3 Å². The summed E-state index contributed by atoms with van der Waals surface area (Å²) in [6, 6.07) is 0. The van der Waals surface area contributed by atoms with E-state index in [9.17, 15) is 14.4 Å². The van der Waals surface area contributed by atoms with E-state index in [1.165, 1.54) is 6.92 Å². The molecule has 0 aromatic heterocycles. The summed E-state index contributed by atoms with van der Waals surface area (Å²) in [5.74, 6) is 0. The van der Waals surface area contributed by atoms with Crippen LogP contribution in [0.25, 0.3) is 0 Å².